The topological polar surface area (TPSA) is 49.6 Å². The number of anilines is 1. The van der Waals surface area contributed by atoms with Crippen molar-refractivity contribution in [1.82, 2.24) is 9.80 Å². The number of likely N-dealkylation sites (N-methyl/N-ethyl adjacent to an activating group) is 1. The zero-order chi connectivity index (χ0) is 15.4. The third-order valence-electron chi connectivity index (χ3n) is 4.04. The highest BCUT2D eigenvalue weighted by Crippen LogP contribution is 2.27. The maximum absolute atomic E-state index is 12.9. The zero-order valence-corrected chi connectivity index (χ0v) is 13.6. The van der Waals surface area contributed by atoms with Crippen molar-refractivity contribution in [3.8, 4) is 0 Å². The number of nitrogen functional groups attached to an aromatic ring is 1. The van der Waals surface area contributed by atoms with Gasteiger partial charge in [-0.3, -0.25) is 4.79 Å². The number of halogens is 1. The van der Waals surface area contributed by atoms with Crippen LogP contribution in [-0.4, -0.2) is 48.9 Å². The predicted molar refractivity (Wildman–Crippen MR) is 87.7 cm³/mol. The number of hydrogen-bond donors (Lipinski definition) is 1. The van der Waals surface area contributed by atoms with Crippen molar-refractivity contribution >= 4 is 23.2 Å². The number of nitrogens with two attached hydrogens (primary N) is 1. The fraction of sp³-hybridized carbons (Fsp3) is 0.562. The molecule has 116 valence electrons. The lowest BCUT2D eigenvalue weighted by atomic mass is 10.1. The van der Waals surface area contributed by atoms with Crippen LogP contribution < -0.4 is 5.73 Å². The summed E-state index contributed by atoms with van der Waals surface area (Å²) in [4.78, 5) is 17.0. The fourth-order valence-corrected chi connectivity index (χ4v) is 3.03. The van der Waals surface area contributed by atoms with Gasteiger partial charge in [-0.2, -0.15) is 0 Å². The van der Waals surface area contributed by atoms with Gasteiger partial charge >= 0.3 is 0 Å². The summed E-state index contributed by atoms with van der Waals surface area (Å²) in [6.45, 7) is 1.57. The molecule has 1 aromatic carbocycles. The molecule has 0 bridgehead atoms. The molecule has 21 heavy (non-hydrogen) atoms. The quantitative estimate of drug-likeness (QED) is 0.851. The SMILES string of the molecule is CN(C)CCN(C(=O)c1cc(N)ccc1Cl)C1CCCC1. The minimum absolute atomic E-state index is 0.000972. The highest BCUT2D eigenvalue weighted by molar-refractivity contribution is 6.34. The molecule has 1 fully saturated rings. The number of rotatable bonds is 5. The summed E-state index contributed by atoms with van der Waals surface area (Å²) in [6, 6.07) is 5.43. The molecule has 0 spiro atoms. The molecular formula is C16H24ClN3O. The Labute approximate surface area is 131 Å². The molecule has 1 aliphatic carbocycles. The molecule has 1 amide bonds. The lowest BCUT2D eigenvalue weighted by Crippen LogP contribution is -2.42. The Bertz CT molecular complexity index is 498. The Morgan fingerprint density at radius 1 is 1.29 bits per heavy atom. The molecule has 1 aliphatic rings. The Morgan fingerprint density at radius 3 is 2.57 bits per heavy atom. The average molecular weight is 310 g/mol. The second-order valence-electron chi connectivity index (χ2n) is 5.98. The van der Waals surface area contributed by atoms with E-state index in [1.807, 2.05) is 19.0 Å². The Hall–Kier alpha value is -1.26. The van der Waals surface area contributed by atoms with Crippen molar-refractivity contribution in [3.05, 3.63) is 28.8 Å². The normalized spacial score (nSPS) is 15.6. The number of carbonyl (C=O) groups excluding carboxylic acids is 1. The molecule has 0 radical (unpaired) electrons. The summed E-state index contributed by atoms with van der Waals surface area (Å²) >= 11 is 6.19. The van der Waals surface area contributed by atoms with Crippen LogP contribution in [0.4, 0.5) is 5.69 Å². The highest BCUT2D eigenvalue weighted by atomic mass is 35.5. The highest BCUT2D eigenvalue weighted by Gasteiger charge is 2.28. The molecule has 4 nitrogen and oxygen atoms in total. The van der Waals surface area contributed by atoms with Crippen LogP contribution in [-0.2, 0) is 0 Å². The van der Waals surface area contributed by atoms with Gasteiger partial charge in [0.1, 0.15) is 0 Å². The van der Waals surface area contributed by atoms with Crippen LogP contribution in [0.3, 0.4) is 0 Å². The second kappa shape index (κ2) is 7.14. The van der Waals surface area contributed by atoms with Gasteiger partial charge in [0, 0.05) is 24.8 Å². The molecule has 0 unspecified atom stereocenters. The third-order valence-corrected chi connectivity index (χ3v) is 4.36. The van der Waals surface area contributed by atoms with Gasteiger partial charge in [0.2, 0.25) is 0 Å². The lowest BCUT2D eigenvalue weighted by Gasteiger charge is -2.30. The minimum atomic E-state index is 0.000972. The standard InChI is InChI=1S/C16H24ClN3O/c1-19(2)9-10-20(13-5-3-4-6-13)16(21)14-11-12(18)7-8-15(14)17/h7-8,11,13H,3-6,9-10,18H2,1-2H3. The van der Waals surface area contributed by atoms with Gasteiger partial charge in [0.25, 0.3) is 5.91 Å². The largest absolute Gasteiger partial charge is 0.399 e. The zero-order valence-electron chi connectivity index (χ0n) is 12.8. The van der Waals surface area contributed by atoms with E-state index in [4.69, 9.17) is 17.3 Å². The fourth-order valence-electron chi connectivity index (χ4n) is 2.84. The van der Waals surface area contributed by atoms with Gasteiger partial charge in [0.05, 0.1) is 10.6 Å². The van der Waals surface area contributed by atoms with Crippen LogP contribution in [0.2, 0.25) is 5.02 Å². The number of benzene rings is 1. The molecule has 0 heterocycles. The number of nitrogens with zero attached hydrogens (tertiary/aromatic N) is 2. The second-order valence-corrected chi connectivity index (χ2v) is 6.39. The summed E-state index contributed by atoms with van der Waals surface area (Å²) in [7, 11) is 4.04. The Kier molecular flexibility index (Phi) is 5.48. The summed E-state index contributed by atoms with van der Waals surface area (Å²) < 4.78 is 0. The number of carbonyl (C=O) groups is 1. The third kappa shape index (κ3) is 4.11. The van der Waals surface area contributed by atoms with Crippen LogP contribution in [0.25, 0.3) is 0 Å². The van der Waals surface area contributed by atoms with Crippen molar-refractivity contribution in [2.75, 3.05) is 32.9 Å². The van der Waals surface area contributed by atoms with Gasteiger partial charge in [-0.15, -0.1) is 0 Å². The van der Waals surface area contributed by atoms with E-state index in [0.717, 1.165) is 25.9 Å². The smallest absolute Gasteiger partial charge is 0.255 e. The maximum Gasteiger partial charge on any atom is 0.255 e. The first-order valence-electron chi connectivity index (χ1n) is 7.50. The van der Waals surface area contributed by atoms with E-state index in [1.165, 1.54) is 12.8 Å². The first-order valence-corrected chi connectivity index (χ1v) is 7.87. The van der Waals surface area contributed by atoms with Gasteiger partial charge in [0.15, 0.2) is 0 Å². The van der Waals surface area contributed by atoms with E-state index < -0.39 is 0 Å². The molecule has 5 heteroatoms. The Balaban J connectivity index is 2.21. The van der Waals surface area contributed by atoms with E-state index in [2.05, 4.69) is 4.90 Å². The van der Waals surface area contributed by atoms with Crippen LogP contribution in [0.5, 0.6) is 0 Å². The molecule has 2 rings (SSSR count). The average Bonchev–Trinajstić information content (AvgIpc) is 2.95. The molecule has 2 N–H and O–H groups in total. The van der Waals surface area contributed by atoms with Crippen LogP contribution >= 0.6 is 11.6 Å². The Morgan fingerprint density at radius 2 is 1.95 bits per heavy atom. The molecule has 0 aliphatic heterocycles. The van der Waals surface area contributed by atoms with E-state index in [9.17, 15) is 4.79 Å². The molecular weight excluding hydrogens is 286 g/mol. The van der Waals surface area contributed by atoms with Crippen molar-refractivity contribution in [1.29, 1.82) is 0 Å². The number of hydrogen-bond acceptors (Lipinski definition) is 3. The monoisotopic (exact) mass is 309 g/mol. The van der Waals surface area contributed by atoms with Gasteiger partial charge in [-0.05, 0) is 45.1 Å². The summed E-state index contributed by atoms with van der Waals surface area (Å²) in [5.41, 5.74) is 6.89. The van der Waals surface area contributed by atoms with Gasteiger partial charge < -0.3 is 15.5 Å². The molecule has 0 saturated heterocycles. The van der Waals surface area contributed by atoms with E-state index >= 15 is 0 Å². The van der Waals surface area contributed by atoms with Gasteiger partial charge in [-0.1, -0.05) is 24.4 Å². The minimum Gasteiger partial charge on any atom is -0.399 e. The molecule has 0 atom stereocenters. The molecule has 1 saturated carbocycles. The van der Waals surface area contributed by atoms with Crippen LogP contribution in [0.1, 0.15) is 36.0 Å². The first-order chi connectivity index (χ1) is 9.99. The summed E-state index contributed by atoms with van der Waals surface area (Å²) in [5.74, 6) is 0.000972. The summed E-state index contributed by atoms with van der Waals surface area (Å²) in [5, 5.41) is 0.474. The predicted octanol–water partition coefficient (Wildman–Crippen LogP) is 2.87. The lowest BCUT2D eigenvalue weighted by molar-refractivity contribution is 0.0668. The maximum atomic E-state index is 12.9. The van der Waals surface area contributed by atoms with Crippen molar-refractivity contribution < 1.29 is 4.79 Å². The van der Waals surface area contributed by atoms with Crippen LogP contribution in [0.15, 0.2) is 18.2 Å². The van der Waals surface area contributed by atoms with E-state index in [0.29, 0.717) is 22.3 Å². The van der Waals surface area contributed by atoms with Crippen LogP contribution in [0, 0.1) is 0 Å². The van der Waals surface area contributed by atoms with Crippen molar-refractivity contribution in [2.45, 2.75) is 31.7 Å². The first kappa shape index (κ1) is 16.1. The van der Waals surface area contributed by atoms with Gasteiger partial charge in [-0.25, -0.2) is 0 Å². The molecule has 1 aromatic rings. The van der Waals surface area contributed by atoms with Crippen molar-refractivity contribution in [2.24, 2.45) is 0 Å². The van der Waals surface area contributed by atoms with E-state index in [-0.39, 0.29) is 5.91 Å². The molecule has 0 aromatic heterocycles. The van der Waals surface area contributed by atoms with Crippen molar-refractivity contribution in [3.63, 3.8) is 0 Å². The number of amides is 1. The van der Waals surface area contributed by atoms with E-state index in [1.54, 1.807) is 18.2 Å². The summed E-state index contributed by atoms with van der Waals surface area (Å²) in [6.07, 6.45) is 4.56.